The number of benzene rings is 1. The second-order valence-electron chi connectivity index (χ2n) is 4.44. The van der Waals surface area contributed by atoms with E-state index in [-0.39, 0.29) is 12.0 Å². The number of hydrogen-bond donors (Lipinski definition) is 1. The fourth-order valence-electron chi connectivity index (χ4n) is 2.05. The molecule has 0 bridgehead atoms. The maximum atomic E-state index is 11.7. The standard InChI is InChI=1S/C14H19NO2/c1-2-11-5-7-12(8-6-11)15-14(16)10-13-4-3-9-17-13/h5-8,13H,2-4,9-10H2,1H3,(H,15,16). The zero-order chi connectivity index (χ0) is 12.1. The van der Waals surface area contributed by atoms with Crippen molar-refractivity contribution < 1.29 is 9.53 Å². The number of hydrogen-bond acceptors (Lipinski definition) is 2. The number of amides is 1. The van der Waals surface area contributed by atoms with Crippen LogP contribution in [0.25, 0.3) is 0 Å². The fourth-order valence-corrected chi connectivity index (χ4v) is 2.05. The van der Waals surface area contributed by atoms with Crippen molar-refractivity contribution in [3.63, 3.8) is 0 Å². The Labute approximate surface area is 102 Å². The predicted octanol–water partition coefficient (Wildman–Crippen LogP) is 2.76. The molecule has 1 aliphatic rings. The first kappa shape index (κ1) is 12.1. The van der Waals surface area contributed by atoms with Crippen molar-refractivity contribution >= 4 is 11.6 Å². The van der Waals surface area contributed by atoms with Crippen molar-refractivity contribution in [2.24, 2.45) is 0 Å². The highest BCUT2D eigenvalue weighted by Crippen LogP contribution is 2.16. The number of ether oxygens (including phenoxy) is 1. The van der Waals surface area contributed by atoms with E-state index in [1.807, 2.05) is 24.3 Å². The van der Waals surface area contributed by atoms with Crippen LogP contribution in [-0.4, -0.2) is 18.6 Å². The van der Waals surface area contributed by atoms with Crippen LogP contribution in [0.2, 0.25) is 0 Å². The fraction of sp³-hybridized carbons (Fsp3) is 0.500. The zero-order valence-corrected chi connectivity index (χ0v) is 10.2. The van der Waals surface area contributed by atoms with Crippen molar-refractivity contribution in [3.8, 4) is 0 Å². The molecular formula is C14H19NO2. The molecule has 3 nitrogen and oxygen atoms in total. The molecule has 1 aromatic rings. The molecule has 1 heterocycles. The topological polar surface area (TPSA) is 38.3 Å². The Hall–Kier alpha value is -1.35. The summed E-state index contributed by atoms with van der Waals surface area (Å²) < 4.78 is 5.44. The maximum Gasteiger partial charge on any atom is 0.226 e. The summed E-state index contributed by atoms with van der Waals surface area (Å²) in [5.74, 6) is 0.0427. The largest absolute Gasteiger partial charge is 0.378 e. The van der Waals surface area contributed by atoms with Gasteiger partial charge in [-0.25, -0.2) is 0 Å². The van der Waals surface area contributed by atoms with Gasteiger partial charge in [0.1, 0.15) is 0 Å². The quantitative estimate of drug-likeness (QED) is 0.868. The average Bonchev–Trinajstić information content (AvgIpc) is 2.82. The summed E-state index contributed by atoms with van der Waals surface area (Å²) in [6.45, 7) is 2.91. The van der Waals surface area contributed by atoms with E-state index in [9.17, 15) is 4.79 Å². The molecule has 1 atom stereocenters. The van der Waals surface area contributed by atoms with Gasteiger partial charge in [-0.1, -0.05) is 19.1 Å². The Bertz CT molecular complexity index is 366. The van der Waals surface area contributed by atoms with Gasteiger partial charge in [0.25, 0.3) is 0 Å². The molecule has 1 aromatic carbocycles. The van der Waals surface area contributed by atoms with Gasteiger partial charge in [-0.2, -0.15) is 0 Å². The monoisotopic (exact) mass is 233 g/mol. The van der Waals surface area contributed by atoms with Crippen molar-refractivity contribution in [1.29, 1.82) is 0 Å². The highest BCUT2D eigenvalue weighted by Gasteiger charge is 2.18. The predicted molar refractivity (Wildman–Crippen MR) is 68.0 cm³/mol. The summed E-state index contributed by atoms with van der Waals surface area (Å²) >= 11 is 0. The molecule has 1 saturated heterocycles. The third kappa shape index (κ3) is 3.56. The van der Waals surface area contributed by atoms with E-state index in [1.165, 1.54) is 5.56 Å². The summed E-state index contributed by atoms with van der Waals surface area (Å²) in [6.07, 6.45) is 3.68. The Morgan fingerprint density at radius 3 is 2.76 bits per heavy atom. The van der Waals surface area contributed by atoms with Crippen LogP contribution in [0.4, 0.5) is 5.69 Å². The lowest BCUT2D eigenvalue weighted by Crippen LogP contribution is -2.19. The van der Waals surface area contributed by atoms with E-state index >= 15 is 0 Å². The Kier molecular flexibility index (Phi) is 4.15. The van der Waals surface area contributed by atoms with Gasteiger partial charge in [0, 0.05) is 12.3 Å². The van der Waals surface area contributed by atoms with E-state index in [4.69, 9.17) is 4.74 Å². The number of anilines is 1. The molecule has 1 amide bonds. The van der Waals surface area contributed by atoms with Crippen molar-refractivity contribution in [1.82, 2.24) is 0 Å². The lowest BCUT2D eigenvalue weighted by atomic mass is 10.1. The highest BCUT2D eigenvalue weighted by atomic mass is 16.5. The van der Waals surface area contributed by atoms with Gasteiger partial charge in [0.05, 0.1) is 12.5 Å². The van der Waals surface area contributed by atoms with Gasteiger partial charge in [0.2, 0.25) is 5.91 Å². The van der Waals surface area contributed by atoms with E-state index in [0.29, 0.717) is 6.42 Å². The molecule has 3 heteroatoms. The zero-order valence-electron chi connectivity index (χ0n) is 10.2. The number of rotatable bonds is 4. The van der Waals surface area contributed by atoms with E-state index in [1.54, 1.807) is 0 Å². The van der Waals surface area contributed by atoms with Crippen LogP contribution in [0.5, 0.6) is 0 Å². The molecule has 0 radical (unpaired) electrons. The van der Waals surface area contributed by atoms with Gasteiger partial charge in [0.15, 0.2) is 0 Å². The first-order valence-electron chi connectivity index (χ1n) is 6.28. The molecule has 0 aromatic heterocycles. The second kappa shape index (κ2) is 5.82. The minimum atomic E-state index is 0.0427. The van der Waals surface area contributed by atoms with Crippen LogP contribution in [-0.2, 0) is 16.0 Å². The van der Waals surface area contributed by atoms with Crippen molar-refractivity contribution in [3.05, 3.63) is 29.8 Å². The van der Waals surface area contributed by atoms with E-state index in [0.717, 1.165) is 31.6 Å². The first-order chi connectivity index (χ1) is 8.28. The summed E-state index contributed by atoms with van der Waals surface area (Å²) in [5.41, 5.74) is 2.15. The minimum Gasteiger partial charge on any atom is -0.378 e. The normalized spacial score (nSPS) is 19.2. The minimum absolute atomic E-state index is 0.0427. The molecule has 2 rings (SSSR count). The number of nitrogens with one attached hydrogen (secondary N) is 1. The maximum absolute atomic E-state index is 11.7. The summed E-state index contributed by atoms with van der Waals surface area (Å²) in [7, 11) is 0. The smallest absolute Gasteiger partial charge is 0.226 e. The Balaban J connectivity index is 1.84. The number of aryl methyl sites for hydroxylation is 1. The number of carbonyl (C=O) groups is 1. The lowest BCUT2D eigenvalue weighted by Gasteiger charge is -2.10. The third-order valence-corrected chi connectivity index (χ3v) is 3.08. The molecule has 1 fully saturated rings. The van der Waals surface area contributed by atoms with Gasteiger partial charge in [-0.15, -0.1) is 0 Å². The Morgan fingerprint density at radius 1 is 1.41 bits per heavy atom. The van der Waals surface area contributed by atoms with Gasteiger partial charge in [-0.05, 0) is 37.0 Å². The molecule has 1 aliphatic heterocycles. The second-order valence-corrected chi connectivity index (χ2v) is 4.44. The van der Waals surface area contributed by atoms with Crippen molar-refractivity contribution in [2.45, 2.75) is 38.7 Å². The van der Waals surface area contributed by atoms with Gasteiger partial charge < -0.3 is 10.1 Å². The summed E-state index contributed by atoms with van der Waals surface area (Å²) in [5, 5.41) is 2.90. The molecule has 0 aliphatic carbocycles. The molecule has 17 heavy (non-hydrogen) atoms. The number of carbonyl (C=O) groups excluding carboxylic acids is 1. The van der Waals surface area contributed by atoms with Crippen LogP contribution >= 0.6 is 0 Å². The van der Waals surface area contributed by atoms with Gasteiger partial charge in [-0.3, -0.25) is 4.79 Å². The SMILES string of the molecule is CCc1ccc(NC(=O)CC2CCCO2)cc1. The first-order valence-corrected chi connectivity index (χ1v) is 6.28. The van der Waals surface area contributed by atoms with Crippen LogP contribution in [0.1, 0.15) is 31.7 Å². The Morgan fingerprint density at radius 2 is 2.18 bits per heavy atom. The third-order valence-electron chi connectivity index (χ3n) is 3.08. The molecular weight excluding hydrogens is 214 g/mol. The lowest BCUT2D eigenvalue weighted by molar-refractivity contribution is -0.118. The molecule has 0 spiro atoms. The van der Waals surface area contributed by atoms with E-state index < -0.39 is 0 Å². The summed E-state index contributed by atoms with van der Waals surface area (Å²) in [6, 6.07) is 7.99. The molecule has 92 valence electrons. The highest BCUT2D eigenvalue weighted by molar-refractivity contribution is 5.91. The van der Waals surface area contributed by atoms with Crippen LogP contribution in [0.3, 0.4) is 0 Å². The summed E-state index contributed by atoms with van der Waals surface area (Å²) in [4.78, 5) is 11.7. The molecule has 0 saturated carbocycles. The van der Waals surface area contributed by atoms with Crippen LogP contribution in [0, 0.1) is 0 Å². The molecule has 1 unspecified atom stereocenters. The van der Waals surface area contributed by atoms with Crippen LogP contribution < -0.4 is 5.32 Å². The average molecular weight is 233 g/mol. The van der Waals surface area contributed by atoms with E-state index in [2.05, 4.69) is 12.2 Å². The van der Waals surface area contributed by atoms with Gasteiger partial charge >= 0.3 is 0 Å². The molecule has 1 N–H and O–H groups in total. The van der Waals surface area contributed by atoms with Crippen molar-refractivity contribution in [2.75, 3.05) is 11.9 Å². The van der Waals surface area contributed by atoms with Crippen LogP contribution in [0.15, 0.2) is 24.3 Å².